The van der Waals surface area contributed by atoms with Crippen LogP contribution in [0, 0.1) is 0 Å². The van der Waals surface area contributed by atoms with E-state index in [1.165, 1.54) is 16.9 Å². The van der Waals surface area contributed by atoms with E-state index in [2.05, 4.69) is 28.8 Å². The predicted octanol–water partition coefficient (Wildman–Crippen LogP) is 7.18. The van der Waals surface area contributed by atoms with Gasteiger partial charge in [0.25, 0.3) is 11.8 Å². The van der Waals surface area contributed by atoms with Gasteiger partial charge in [0.05, 0.1) is 21.3 Å². The fourth-order valence-corrected chi connectivity index (χ4v) is 5.08. The smallest absolute Gasteiger partial charge is 0.283 e. The zero-order valence-corrected chi connectivity index (χ0v) is 20.8. The van der Waals surface area contributed by atoms with E-state index in [1.807, 2.05) is 18.2 Å². The first-order chi connectivity index (χ1) is 16.4. The molecule has 0 saturated heterocycles. The highest BCUT2D eigenvalue weighted by atomic mass is 35.5. The van der Waals surface area contributed by atoms with Gasteiger partial charge in [-0.15, -0.1) is 11.3 Å². The quantitative estimate of drug-likeness (QED) is 0.213. The number of carbonyl (C=O) groups excluding carboxylic acids is 2. The normalized spacial score (nSPS) is 11.5. The zero-order chi connectivity index (χ0) is 24.2. The molecule has 3 aromatic carbocycles. The summed E-state index contributed by atoms with van der Waals surface area (Å²) in [5.74, 6) is -0.678. The lowest BCUT2D eigenvalue weighted by Crippen LogP contribution is -2.18. The van der Waals surface area contributed by atoms with Gasteiger partial charge < -0.3 is 5.32 Å². The minimum Gasteiger partial charge on any atom is -0.322 e. The van der Waals surface area contributed by atoms with E-state index in [0.29, 0.717) is 31.9 Å². The number of hydrazone groups is 1. The summed E-state index contributed by atoms with van der Waals surface area (Å²) in [6, 6.07) is 20.0. The first-order valence-electron chi connectivity index (χ1n) is 10.6. The summed E-state index contributed by atoms with van der Waals surface area (Å²) < 4.78 is 0.970. The van der Waals surface area contributed by atoms with E-state index in [4.69, 9.17) is 23.2 Å². The highest BCUT2D eigenvalue weighted by molar-refractivity contribution is 7.21. The SMILES string of the molecule is CCc1ccc2c(Cl)c(C(=O)N/N=C(/C)c3cccc(NC(=O)c4ccccc4Cl)c3)sc2c1. The third-order valence-corrected chi connectivity index (χ3v) is 7.28. The van der Waals surface area contributed by atoms with Crippen LogP contribution in [0.2, 0.25) is 10.0 Å². The number of nitrogens with one attached hydrogen (secondary N) is 2. The van der Waals surface area contributed by atoms with Crippen LogP contribution in [-0.4, -0.2) is 17.5 Å². The van der Waals surface area contributed by atoms with Crippen LogP contribution < -0.4 is 10.7 Å². The molecule has 0 fully saturated rings. The van der Waals surface area contributed by atoms with Crippen LogP contribution in [0.15, 0.2) is 71.8 Å². The Morgan fingerprint density at radius 2 is 1.76 bits per heavy atom. The van der Waals surface area contributed by atoms with E-state index >= 15 is 0 Å². The lowest BCUT2D eigenvalue weighted by atomic mass is 10.1. The number of fused-ring (bicyclic) bond motifs is 1. The molecule has 34 heavy (non-hydrogen) atoms. The number of hydrogen-bond acceptors (Lipinski definition) is 4. The number of benzene rings is 3. The Morgan fingerprint density at radius 1 is 0.971 bits per heavy atom. The third kappa shape index (κ3) is 5.14. The molecule has 0 saturated carbocycles. The molecule has 0 bridgehead atoms. The summed E-state index contributed by atoms with van der Waals surface area (Å²) in [6.07, 6.45) is 0.911. The molecule has 5 nitrogen and oxygen atoms in total. The number of anilines is 1. The lowest BCUT2D eigenvalue weighted by molar-refractivity contribution is 0.0958. The number of halogens is 2. The Bertz CT molecular complexity index is 1430. The molecular formula is C26H21Cl2N3O2S. The average Bonchev–Trinajstić information content (AvgIpc) is 3.18. The summed E-state index contributed by atoms with van der Waals surface area (Å²) in [5, 5.41) is 8.74. The maximum Gasteiger partial charge on any atom is 0.283 e. The molecule has 1 heterocycles. The summed E-state index contributed by atoms with van der Waals surface area (Å²) >= 11 is 13.9. The van der Waals surface area contributed by atoms with E-state index in [0.717, 1.165) is 22.1 Å². The fraction of sp³-hybridized carbons (Fsp3) is 0.115. The van der Waals surface area contributed by atoms with Crippen molar-refractivity contribution in [2.75, 3.05) is 5.32 Å². The molecule has 4 rings (SSSR count). The maximum absolute atomic E-state index is 12.8. The fourth-order valence-electron chi connectivity index (χ4n) is 3.39. The summed E-state index contributed by atoms with van der Waals surface area (Å²) in [5.41, 5.74) is 6.07. The Labute approximate surface area is 211 Å². The number of hydrogen-bond donors (Lipinski definition) is 2. The van der Waals surface area contributed by atoms with Crippen LogP contribution in [0.25, 0.3) is 10.1 Å². The zero-order valence-electron chi connectivity index (χ0n) is 18.5. The van der Waals surface area contributed by atoms with Crippen molar-refractivity contribution in [1.29, 1.82) is 0 Å². The monoisotopic (exact) mass is 509 g/mol. The van der Waals surface area contributed by atoms with Crippen LogP contribution in [-0.2, 0) is 6.42 Å². The Kier molecular flexibility index (Phi) is 7.32. The van der Waals surface area contributed by atoms with Crippen molar-refractivity contribution in [1.82, 2.24) is 5.43 Å². The van der Waals surface area contributed by atoms with Crippen LogP contribution in [0.3, 0.4) is 0 Å². The summed E-state index contributed by atoms with van der Waals surface area (Å²) in [4.78, 5) is 25.7. The van der Waals surface area contributed by atoms with Crippen molar-refractivity contribution in [3.05, 3.63) is 98.3 Å². The third-order valence-electron chi connectivity index (χ3n) is 5.29. The number of carbonyl (C=O) groups is 2. The molecule has 0 atom stereocenters. The van der Waals surface area contributed by atoms with Crippen molar-refractivity contribution in [3.8, 4) is 0 Å². The Morgan fingerprint density at radius 3 is 2.53 bits per heavy atom. The summed E-state index contributed by atoms with van der Waals surface area (Å²) in [7, 11) is 0. The minimum absolute atomic E-state index is 0.309. The van der Waals surface area contributed by atoms with Gasteiger partial charge in [-0.25, -0.2) is 5.43 Å². The van der Waals surface area contributed by atoms with E-state index in [9.17, 15) is 9.59 Å². The number of amides is 2. The van der Waals surface area contributed by atoms with E-state index in [-0.39, 0.29) is 11.8 Å². The highest BCUT2D eigenvalue weighted by Crippen LogP contribution is 2.36. The van der Waals surface area contributed by atoms with Gasteiger partial charge >= 0.3 is 0 Å². The Hall–Kier alpha value is -3.19. The van der Waals surface area contributed by atoms with Gasteiger partial charge in [0, 0.05) is 15.8 Å². The predicted molar refractivity (Wildman–Crippen MR) is 142 cm³/mol. The second-order valence-corrected chi connectivity index (χ2v) is 9.42. The van der Waals surface area contributed by atoms with Gasteiger partial charge in [0.15, 0.2) is 0 Å². The van der Waals surface area contributed by atoms with Crippen molar-refractivity contribution in [2.45, 2.75) is 20.3 Å². The van der Waals surface area contributed by atoms with Gasteiger partial charge in [0.2, 0.25) is 0 Å². The van der Waals surface area contributed by atoms with E-state index in [1.54, 1.807) is 49.4 Å². The second kappa shape index (κ2) is 10.4. The molecule has 8 heteroatoms. The van der Waals surface area contributed by atoms with Crippen molar-refractivity contribution < 1.29 is 9.59 Å². The molecule has 2 N–H and O–H groups in total. The summed E-state index contributed by atoms with van der Waals surface area (Å²) in [6.45, 7) is 3.86. The standard InChI is InChI=1S/C26H21Cl2N3O2S/c1-3-16-11-12-20-22(13-16)34-24(23(20)28)26(33)31-30-15(2)17-7-6-8-18(14-17)29-25(32)19-9-4-5-10-21(19)27/h4-14H,3H2,1-2H3,(H,29,32)(H,31,33)/b30-15-. The number of nitrogens with zero attached hydrogens (tertiary/aromatic N) is 1. The van der Waals surface area contributed by atoms with Crippen molar-refractivity contribution in [3.63, 3.8) is 0 Å². The first-order valence-corrected chi connectivity index (χ1v) is 12.2. The minimum atomic E-state index is -0.369. The van der Waals surface area contributed by atoms with Gasteiger partial charge in [-0.3, -0.25) is 9.59 Å². The van der Waals surface area contributed by atoms with Gasteiger partial charge in [0.1, 0.15) is 4.88 Å². The molecule has 0 unspecified atom stereocenters. The van der Waals surface area contributed by atoms with Gasteiger partial charge in [-0.05, 0) is 54.8 Å². The van der Waals surface area contributed by atoms with Crippen molar-refractivity contribution >= 4 is 67.8 Å². The van der Waals surface area contributed by atoms with Crippen LogP contribution >= 0.6 is 34.5 Å². The average molecular weight is 510 g/mol. The molecule has 0 aliphatic heterocycles. The molecule has 4 aromatic rings. The second-order valence-electron chi connectivity index (χ2n) is 7.58. The lowest BCUT2D eigenvalue weighted by Gasteiger charge is -2.09. The largest absolute Gasteiger partial charge is 0.322 e. The molecular weight excluding hydrogens is 489 g/mol. The molecule has 0 aliphatic carbocycles. The highest BCUT2D eigenvalue weighted by Gasteiger charge is 2.17. The first kappa shape index (κ1) is 24.0. The molecule has 0 radical (unpaired) electrons. The number of rotatable bonds is 6. The van der Waals surface area contributed by atoms with Gasteiger partial charge in [-0.1, -0.05) is 66.5 Å². The van der Waals surface area contributed by atoms with Gasteiger partial charge in [-0.2, -0.15) is 5.10 Å². The van der Waals surface area contributed by atoms with Crippen LogP contribution in [0.1, 0.15) is 45.0 Å². The molecule has 0 spiro atoms. The van der Waals surface area contributed by atoms with Crippen LogP contribution in [0.4, 0.5) is 5.69 Å². The van der Waals surface area contributed by atoms with E-state index < -0.39 is 0 Å². The maximum atomic E-state index is 12.8. The number of aryl methyl sites for hydroxylation is 1. The molecule has 2 amide bonds. The molecule has 1 aromatic heterocycles. The molecule has 172 valence electrons. The molecule has 0 aliphatic rings. The topological polar surface area (TPSA) is 70.6 Å². The number of thiophene rings is 1. The Balaban J connectivity index is 1.49. The van der Waals surface area contributed by atoms with Crippen molar-refractivity contribution in [2.24, 2.45) is 5.10 Å². The van der Waals surface area contributed by atoms with Crippen LogP contribution in [0.5, 0.6) is 0 Å².